The first-order chi connectivity index (χ1) is 9.74. The molecule has 0 saturated heterocycles. The van der Waals surface area contributed by atoms with Crippen LogP contribution < -0.4 is 5.43 Å². The Balaban J connectivity index is 1.79. The van der Waals surface area contributed by atoms with Crippen LogP contribution in [0.4, 0.5) is 0 Å². The number of carbonyl (C=O) groups excluding carboxylic acids is 1. The molecule has 104 valence electrons. The van der Waals surface area contributed by atoms with E-state index in [1.807, 2.05) is 0 Å². The van der Waals surface area contributed by atoms with Crippen molar-refractivity contribution in [1.29, 1.82) is 0 Å². The van der Waals surface area contributed by atoms with Gasteiger partial charge < -0.3 is 4.42 Å². The Labute approximate surface area is 117 Å². The largest absolute Gasteiger partial charge is 0.453 e. The van der Waals surface area contributed by atoms with Gasteiger partial charge in [0.15, 0.2) is 17.0 Å². The summed E-state index contributed by atoms with van der Waals surface area (Å²) in [5.41, 5.74) is 0.347. The minimum Gasteiger partial charge on any atom is -0.453 e. The number of rotatable bonds is 4. The smallest absolute Gasteiger partial charge is 0.198 e. The maximum Gasteiger partial charge on any atom is 0.198 e. The number of hydrogen-bond acceptors (Lipinski definition) is 3. The van der Waals surface area contributed by atoms with E-state index < -0.39 is 0 Å². The summed E-state index contributed by atoms with van der Waals surface area (Å²) in [4.78, 5) is 24.1. The molecule has 1 aliphatic rings. The predicted octanol–water partition coefficient (Wildman–Crippen LogP) is 3.95. The third kappa shape index (κ3) is 2.67. The molecular weight excluding hydrogens is 252 g/mol. The van der Waals surface area contributed by atoms with Gasteiger partial charge in [0.05, 0.1) is 5.39 Å². The van der Waals surface area contributed by atoms with E-state index >= 15 is 0 Å². The average molecular weight is 270 g/mol. The lowest BCUT2D eigenvalue weighted by Crippen LogP contribution is -2.08. The first kappa shape index (κ1) is 13.1. The lowest BCUT2D eigenvalue weighted by atomic mass is 9.99. The molecule has 0 spiro atoms. The second-order valence-electron chi connectivity index (χ2n) is 5.58. The number of carbonyl (C=O) groups is 1. The molecule has 1 aromatic heterocycles. The molecular formula is C17H18O3. The zero-order valence-electron chi connectivity index (χ0n) is 11.4. The molecule has 0 amide bonds. The molecule has 1 aromatic carbocycles. The van der Waals surface area contributed by atoms with Gasteiger partial charge >= 0.3 is 0 Å². The van der Waals surface area contributed by atoms with E-state index in [2.05, 4.69) is 0 Å². The van der Waals surface area contributed by atoms with Gasteiger partial charge in [0.2, 0.25) is 0 Å². The second-order valence-corrected chi connectivity index (χ2v) is 5.58. The lowest BCUT2D eigenvalue weighted by molar-refractivity contribution is 0.0947. The third-order valence-electron chi connectivity index (χ3n) is 4.16. The highest BCUT2D eigenvalue weighted by atomic mass is 16.3. The van der Waals surface area contributed by atoms with Crippen LogP contribution in [0.2, 0.25) is 0 Å². The average Bonchev–Trinajstić information content (AvgIpc) is 2.98. The highest BCUT2D eigenvalue weighted by molar-refractivity contribution is 5.94. The SMILES string of the molecule is O=C(CCC1CCCC1)c1cc(=O)c2ccccc2o1. The molecule has 0 radical (unpaired) electrons. The molecule has 1 heterocycles. The van der Waals surface area contributed by atoms with Crippen LogP contribution in [0.3, 0.4) is 0 Å². The molecule has 1 aliphatic carbocycles. The standard InChI is InChI=1S/C17H18O3/c18-14(10-9-12-5-1-2-6-12)17-11-15(19)13-7-3-4-8-16(13)20-17/h3-4,7-8,11-12H,1-2,5-6,9-10H2. The summed E-state index contributed by atoms with van der Waals surface area (Å²) in [6, 6.07) is 8.37. The fraction of sp³-hybridized carbons (Fsp3) is 0.412. The first-order valence-electron chi connectivity index (χ1n) is 7.30. The third-order valence-corrected chi connectivity index (χ3v) is 4.16. The highest BCUT2D eigenvalue weighted by Crippen LogP contribution is 2.29. The quantitative estimate of drug-likeness (QED) is 0.790. The molecule has 20 heavy (non-hydrogen) atoms. The van der Waals surface area contributed by atoms with Crippen LogP contribution in [0.5, 0.6) is 0 Å². The Bertz CT molecular complexity index is 678. The van der Waals surface area contributed by atoms with Crippen molar-refractivity contribution in [3.05, 3.63) is 46.3 Å². The Morgan fingerprint density at radius 3 is 2.75 bits per heavy atom. The summed E-state index contributed by atoms with van der Waals surface area (Å²) in [7, 11) is 0. The monoisotopic (exact) mass is 270 g/mol. The van der Waals surface area contributed by atoms with Crippen molar-refractivity contribution >= 4 is 16.8 Å². The normalized spacial score (nSPS) is 15.8. The Kier molecular flexibility index (Phi) is 3.68. The Morgan fingerprint density at radius 1 is 1.20 bits per heavy atom. The fourth-order valence-corrected chi connectivity index (χ4v) is 3.00. The van der Waals surface area contributed by atoms with Crippen LogP contribution in [0.1, 0.15) is 49.1 Å². The molecule has 1 saturated carbocycles. The van der Waals surface area contributed by atoms with E-state index in [-0.39, 0.29) is 17.0 Å². The predicted molar refractivity (Wildman–Crippen MR) is 78.0 cm³/mol. The number of para-hydroxylation sites is 1. The first-order valence-corrected chi connectivity index (χ1v) is 7.30. The Hall–Kier alpha value is -1.90. The van der Waals surface area contributed by atoms with Crippen molar-refractivity contribution in [2.75, 3.05) is 0 Å². The van der Waals surface area contributed by atoms with Crippen molar-refractivity contribution in [2.45, 2.75) is 38.5 Å². The summed E-state index contributed by atoms with van der Waals surface area (Å²) in [5, 5.41) is 0.528. The summed E-state index contributed by atoms with van der Waals surface area (Å²) in [6.07, 6.45) is 6.42. The van der Waals surface area contributed by atoms with Crippen LogP contribution in [-0.2, 0) is 0 Å². The minimum absolute atomic E-state index is 0.0558. The zero-order valence-corrected chi connectivity index (χ0v) is 11.4. The Morgan fingerprint density at radius 2 is 1.95 bits per heavy atom. The van der Waals surface area contributed by atoms with Crippen molar-refractivity contribution < 1.29 is 9.21 Å². The molecule has 0 aliphatic heterocycles. The van der Waals surface area contributed by atoms with Crippen LogP contribution in [0.25, 0.3) is 11.0 Å². The lowest BCUT2D eigenvalue weighted by Gasteiger charge is -2.07. The summed E-state index contributed by atoms with van der Waals surface area (Å²) in [6.45, 7) is 0. The van der Waals surface area contributed by atoms with Crippen molar-refractivity contribution in [2.24, 2.45) is 5.92 Å². The number of ketones is 1. The van der Waals surface area contributed by atoms with Crippen LogP contribution >= 0.6 is 0 Å². The van der Waals surface area contributed by atoms with Gasteiger partial charge in [0.25, 0.3) is 0 Å². The molecule has 0 bridgehead atoms. The maximum atomic E-state index is 12.2. The summed E-state index contributed by atoms with van der Waals surface area (Å²) >= 11 is 0. The number of benzene rings is 1. The summed E-state index contributed by atoms with van der Waals surface area (Å²) < 4.78 is 5.57. The van der Waals surface area contributed by atoms with Crippen LogP contribution in [0, 0.1) is 5.92 Å². The van der Waals surface area contributed by atoms with Crippen molar-refractivity contribution in [1.82, 2.24) is 0 Å². The van der Waals surface area contributed by atoms with E-state index in [0.717, 1.165) is 6.42 Å². The number of fused-ring (bicyclic) bond motifs is 1. The molecule has 0 unspecified atom stereocenters. The second kappa shape index (κ2) is 5.61. The zero-order chi connectivity index (χ0) is 13.9. The van der Waals surface area contributed by atoms with E-state index in [1.54, 1.807) is 24.3 Å². The topological polar surface area (TPSA) is 47.3 Å². The van der Waals surface area contributed by atoms with Gasteiger partial charge in [-0.25, -0.2) is 0 Å². The summed E-state index contributed by atoms with van der Waals surface area (Å²) in [5.74, 6) is 0.817. The molecule has 1 fully saturated rings. The maximum absolute atomic E-state index is 12.2. The van der Waals surface area contributed by atoms with Gasteiger partial charge in [-0.15, -0.1) is 0 Å². The number of hydrogen-bond donors (Lipinski definition) is 0. The van der Waals surface area contributed by atoms with Crippen molar-refractivity contribution in [3.63, 3.8) is 0 Å². The van der Waals surface area contributed by atoms with E-state index in [9.17, 15) is 9.59 Å². The molecule has 2 aromatic rings. The van der Waals surface area contributed by atoms with E-state index in [4.69, 9.17) is 4.42 Å². The van der Waals surface area contributed by atoms with Gasteiger partial charge in [-0.1, -0.05) is 37.8 Å². The van der Waals surface area contributed by atoms with Gasteiger partial charge in [-0.3, -0.25) is 9.59 Å². The highest BCUT2D eigenvalue weighted by Gasteiger charge is 2.18. The molecule has 0 N–H and O–H groups in total. The minimum atomic E-state index is -0.143. The van der Waals surface area contributed by atoms with Gasteiger partial charge in [-0.05, 0) is 24.5 Å². The van der Waals surface area contributed by atoms with E-state index in [1.165, 1.54) is 31.7 Å². The molecule has 3 rings (SSSR count). The molecule has 3 nitrogen and oxygen atoms in total. The van der Waals surface area contributed by atoms with Crippen LogP contribution in [-0.4, -0.2) is 5.78 Å². The van der Waals surface area contributed by atoms with Gasteiger partial charge in [0, 0.05) is 12.5 Å². The molecule has 0 atom stereocenters. The number of Topliss-reactive ketones (excluding diaryl/α,β-unsaturated/α-hetero) is 1. The van der Waals surface area contributed by atoms with Crippen molar-refractivity contribution in [3.8, 4) is 0 Å². The van der Waals surface area contributed by atoms with E-state index in [0.29, 0.717) is 23.3 Å². The van der Waals surface area contributed by atoms with Gasteiger partial charge in [0.1, 0.15) is 5.58 Å². The fourth-order valence-electron chi connectivity index (χ4n) is 3.00. The molecule has 3 heteroatoms. The van der Waals surface area contributed by atoms with Crippen LogP contribution in [0.15, 0.2) is 39.5 Å². The van der Waals surface area contributed by atoms with Gasteiger partial charge in [-0.2, -0.15) is 0 Å².